The van der Waals surface area contributed by atoms with Gasteiger partial charge < -0.3 is 15.0 Å². The van der Waals surface area contributed by atoms with Gasteiger partial charge in [-0.1, -0.05) is 35.9 Å². The van der Waals surface area contributed by atoms with Crippen LogP contribution in [0.25, 0.3) is 0 Å². The number of para-hydroxylation sites is 1. The van der Waals surface area contributed by atoms with Crippen molar-refractivity contribution in [2.75, 3.05) is 25.1 Å². The molecular weight excluding hydrogens is 352 g/mol. The summed E-state index contributed by atoms with van der Waals surface area (Å²) in [6.45, 7) is 2.29. The first kappa shape index (κ1) is 19.8. The van der Waals surface area contributed by atoms with Gasteiger partial charge in [-0.15, -0.1) is 0 Å². The molecule has 0 aliphatic rings. The van der Waals surface area contributed by atoms with Crippen LogP contribution < -0.4 is 15.0 Å². The van der Waals surface area contributed by atoms with E-state index in [0.29, 0.717) is 17.3 Å². The summed E-state index contributed by atoms with van der Waals surface area (Å²) in [6, 6.07) is 14.8. The van der Waals surface area contributed by atoms with Crippen LogP contribution >= 0.6 is 11.6 Å². The van der Waals surface area contributed by atoms with Crippen LogP contribution in [0.4, 0.5) is 5.69 Å². The van der Waals surface area contributed by atoms with Crippen molar-refractivity contribution in [3.05, 3.63) is 59.1 Å². The Hall–Kier alpha value is -2.53. The molecule has 0 radical (unpaired) electrons. The molecule has 5 nitrogen and oxygen atoms in total. The Balaban J connectivity index is 1.81. The number of rotatable bonds is 8. The van der Waals surface area contributed by atoms with Gasteiger partial charge in [0, 0.05) is 26.4 Å². The maximum atomic E-state index is 12.1. The van der Waals surface area contributed by atoms with Gasteiger partial charge >= 0.3 is 0 Å². The minimum absolute atomic E-state index is 0.100. The Kier molecular flexibility index (Phi) is 7.48. The Morgan fingerprint density at radius 1 is 1.12 bits per heavy atom. The lowest BCUT2D eigenvalue weighted by atomic mass is 10.1. The van der Waals surface area contributed by atoms with Crippen LogP contribution in [0, 0.1) is 0 Å². The molecule has 2 aromatic carbocycles. The number of benzene rings is 2. The predicted molar refractivity (Wildman–Crippen MR) is 104 cm³/mol. The number of methoxy groups -OCH3 is 1. The molecule has 138 valence electrons. The van der Waals surface area contributed by atoms with Crippen LogP contribution in [0.3, 0.4) is 0 Å². The number of carbonyl (C=O) groups is 2. The molecule has 0 aliphatic heterocycles. The first-order valence-electron chi connectivity index (χ1n) is 8.43. The van der Waals surface area contributed by atoms with E-state index in [9.17, 15) is 9.59 Å². The molecule has 0 aromatic heterocycles. The molecule has 6 heteroatoms. The SMILES string of the molecule is COc1ccc(CCNC(=O)CCN(C(C)=O)c2ccccc2Cl)cc1. The summed E-state index contributed by atoms with van der Waals surface area (Å²) in [5.41, 5.74) is 1.74. The smallest absolute Gasteiger partial charge is 0.223 e. The number of hydrogen-bond donors (Lipinski definition) is 1. The maximum Gasteiger partial charge on any atom is 0.223 e. The summed E-state index contributed by atoms with van der Waals surface area (Å²) >= 11 is 6.15. The second-order valence-corrected chi connectivity index (χ2v) is 6.23. The van der Waals surface area contributed by atoms with Crippen molar-refractivity contribution in [2.24, 2.45) is 0 Å². The number of nitrogens with zero attached hydrogens (tertiary/aromatic N) is 1. The molecule has 26 heavy (non-hydrogen) atoms. The van der Waals surface area contributed by atoms with Gasteiger partial charge in [0.2, 0.25) is 11.8 Å². The number of halogens is 1. The summed E-state index contributed by atoms with van der Waals surface area (Å²) in [5.74, 6) is 0.558. The van der Waals surface area contributed by atoms with E-state index >= 15 is 0 Å². The summed E-state index contributed by atoms with van der Waals surface area (Å²) < 4.78 is 5.12. The molecule has 0 bridgehead atoms. The van der Waals surface area contributed by atoms with E-state index in [1.165, 1.54) is 11.8 Å². The monoisotopic (exact) mass is 374 g/mol. The molecule has 0 saturated carbocycles. The van der Waals surface area contributed by atoms with Gasteiger partial charge in [-0.25, -0.2) is 0 Å². The second-order valence-electron chi connectivity index (χ2n) is 5.82. The zero-order valence-electron chi connectivity index (χ0n) is 15.0. The topological polar surface area (TPSA) is 58.6 Å². The van der Waals surface area contributed by atoms with E-state index in [1.54, 1.807) is 25.3 Å². The number of amides is 2. The molecular formula is C20H23ClN2O3. The summed E-state index contributed by atoms with van der Waals surface area (Å²) in [4.78, 5) is 25.5. The Bertz CT molecular complexity index is 747. The van der Waals surface area contributed by atoms with E-state index in [0.717, 1.165) is 17.7 Å². The van der Waals surface area contributed by atoms with E-state index in [2.05, 4.69) is 5.32 Å². The molecule has 0 atom stereocenters. The van der Waals surface area contributed by atoms with Gasteiger partial charge in [0.1, 0.15) is 5.75 Å². The van der Waals surface area contributed by atoms with Crippen molar-refractivity contribution < 1.29 is 14.3 Å². The third-order valence-corrected chi connectivity index (χ3v) is 4.30. The molecule has 0 saturated heterocycles. The molecule has 2 aromatic rings. The molecule has 0 unspecified atom stereocenters. The van der Waals surface area contributed by atoms with Crippen molar-refractivity contribution in [1.82, 2.24) is 5.32 Å². The molecule has 2 rings (SSSR count). The highest BCUT2D eigenvalue weighted by Crippen LogP contribution is 2.25. The van der Waals surface area contributed by atoms with E-state index in [-0.39, 0.29) is 24.8 Å². The van der Waals surface area contributed by atoms with Crippen molar-refractivity contribution in [1.29, 1.82) is 0 Å². The number of carbonyl (C=O) groups excluding carboxylic acids is 2. The standard InChI is InChI=1S/C20H23ClN2O3/c1-15(24)23(19-6-4-3-5-18(19)21)14-12-20(25)22-13-11-16-7-9-17(26-2)10-8-16/h3-10H,11-14H2,1-2H3,(H,22,25). The van der Waals surface area contributed by atoms with Gasteiger partial charge in [-0.05, 0) is 36.2 Å². The fourth-order valence-electron chi connectivity index (χ4n) is 2.56. The van der Waals surface area contributed by atoms with E-state index in [4.69, 9.17) is 16.3 Å². The zero-order valence-corrected chi connectivity index (χ0v) is 15.8. The van der Waals surface area contributed by atoms with Crippen molar-refractivity contribution >= 4 is 29.1 Å². The first-order valence-corrected chi connectivity index (χ1v) is 8.81. The Morgan fingerprint density at radius 2 is 1.81 bits per heavy atom. The minimum atomic E-state index is -0.149. The summed E-state index contributed by atoms with van der Waals surface area (Å²) in [6.07, 6.45) is 0.948. The van der Waals surface area contributed by atoms with Crippen LogP contribution in [-0.4, -0.2) is 32.0 Å². The average Bonchev–Trinajstić information content (AvgIpc) is 2.63. The molecule has 0 heterocycles. The number of anilines is 1. The van der Waals surface area contributed by atoms with Crippen LogP contribution in [-0.2, 0) is 16.0 Å². The fraction of sp³-hybridized carbons (Fsp3) is 0.300. The lowest BCUT2D eigenvalue weighted by molar-refractivity contribution is -0.121. The quantitative estimate of drug-likeness (QED) is 0.769. The van der Waals surface area contributed by atoms with E-state index in [1.807, 2.05) is 30.3 Å². The highest BCUT2D eigenvalue weighted by molar-refractivity contribution is 6.33. The largest absolute Gasteiger partial charge is 0.497 e. The van der Waals surface area contributed by atoms with Crippen LogP contribution in [0.2, 0.25) is 5.02 Å². The first-order chi connectivity index (χ1) is 12.5. The van der Waals surface area contributed by atoms with Gasteiger partial charge in [-0.2, -0.15) is 0 Å². The molecule has 0 aliphatic carbocycles. The lowest BCUT2D eigenvalue weighted by Crippen LogP contribution is -2.34. The Labute approximate surface area is 158 Å². The number of ether oxygens (including phenoxy) is 1. The zero-order chi connectivity index (χ0) is 18.9. The predicted octanol–water partition coefficient (Wildman–Crippen LogP) is 3.45. The third-order valence-electron chi connectivity index (χ3n) is 3.98. The lowest BCUT2D eigenvalue weighted by Gasteiger charge is -2.22. The van der Waals surface area contributed by atoms with Crippen molar-refractivity contribution in [2.45, 2.75) is 19.8 Å². The highest BCUT2D eigenvalue weighted by atomic mass is 35.5. The van der Waals surface area contributed by atoms with Crippen molar-refractivity contribution in [3.63, 3.8) is 0 Å². The van der Waals surface area contributed by atoms with Gasteiger partial charge in [0.25, 0.3) is 0 Å². The van der Waals surface area contributed by atoms with Crippen LogP contribution in [0.15, 0.2) is 48.5 Å². The van der Waals surface area contributed by atoms with Gasteiger partial charge in [-0.3, -0.25) is 9.59 Å². The summed E-state index contributed by atoms with van der Waals surface area (Å²) in [7, 11) is 1.63. The van der Waals surface area contributed by atoms with Gasteiger partial charge in [0.05, 0.1) is 17.8 Å². The van der Waals surface area contributed by atoms with Crippen molar-refractivity contribution in [3.8, 4) is 5.75 Å². The number of hydrogen-bond acceptors (Lipinski definition) is 3. The van der Waals surface area contributed by atoms with Crippen LogP contribution in [0.1, 0.15) is 18.9 Å². The number of nitrogens with one attached hydrogen (secondary N) is 1. The summed E-state index contributed by atoms with van der Waals surface area (Å²) in [5, 5.41) is 3.37. The normalized spacial score (nSPS) is 10.3. The Morgan fingerprint density at radius 3 is 2.42 bits per heavy atom. The van der Waals surface area contributed by atoms with Gasteiger partial charge in [0.15, 0.2) is 0 Å². The highest BCUT2D eigenvalue weighted by Gasteiger charge is 2.15. The average molecular weight is 375 g/mol. The van der Waals surface area contributed by atoms with Crippen LogP contribution in [0.5, 0.6) is 5.75 Å². The molecule has 2 amide bonds. The maximum absolute atomic E-state index is 12.1. The second kappa shape index (κ2) is 9.82. The van der Waals surface area contributed by atoms with E-state index < -0.39 is 0 Å². The molecule has 0 fully saturated rings. The molecule has 0 spiro atoms. The molecule has 1 N–H and O–H groups in total. The fourth-order valence-corrected chi connectivity index (χ4v) is 2.80. The minimum Gasteiger partial charge on any atom is -0.497 e. The third kappa shape index (κ3) is 5.77.